The van der Waals surface area contributed by atoms with Crippen molar-refractivity contribution >= 4 is 33.2 Å². The molecule has 2 fully saturated rings. The summed E-state index contributed by atoms with van der Waals surface area (Å²) in [5.41, 5.74) is 3.37. The molecule has 5 aliphatic rings. The first-order chi connectivity index (χ1) is 23.2. The van der Waals surface area contributed by atoms with Gasteiger partial charge in [0.2, 0.25) is 10.0 Å². The maximum Gasteiger partial charge on any atom is 0.264 e. The fourth-order valence-electron chi connectivity index (χ4n) is 8.77. The van der Waals surface area contributed by atoms with Gasteiger partial charge in [0.05, 0.1) is 30.6 Å². The van der Waals surface area contributed by atoms with E-state index in [2.05, 4.69) is 27.8 Å². The predicted octanol–water partition coefficient (Wildman–Crippen LogP) is 5.83. The van der Waals surface area contributed by atoms with Gasteiger partial charge in [0.15, 0.2) is 0 Å². The molecule has 0 unspecified atom stereocenters. The molecule has 11 heteroatoms. The predicted molar refractivity (Wildman–Crippen MR) is 186 cm³/mol. The van der Waals surface area contributed by atoms with Gasteiger partial charge in [0.25, 0.3) is 5.91 Å². The van der Waals surface area contributed by atoms with Gasteiger partial charge in [-0.1, -0.05) is 29.8 Å². The van der Waals surface area contributed by atoms with Gasteiger partial charge in [0.1, 0.15) is 11.0 Å². The van der Waals surface area contributed by atoms with Crippen molar-refractivity contribution < 1.29 is 32.2 Å². The second-order valence-corrected chi connectivity index (χ2v) is 16.6. The molecule has 1 saturated heterocycles. The van der Waals surface area contributed by atoms with E-state index in [0.29, 0.717) is 43.8 Å². The van der Waals surface area contributed by atoms with Crippen molar-refractivity contribution in [3.63, 3.8) is 0 Å². The molecule has 0 aromatic heterocycles. The number of methoxy groups -OCH3 is 2. The van der Waals surface area contributed by atoms with E-state index >= 15 is 0 Å². The minimum absolute atomic E-state index is 0.109. The zero-order chi connectivity index (χ0) is 33.5. The molecule has 1 spiro atoms. The number of ether oxygens (including phenoxy) is 4. The van der Waals surface area contributed by atoms with Crippen molar-refractivity contribution in [1.82, 2.24) is 4.72 Å². The van der Waals surface area contributed by atoms with Gasteiger partial charge in [-0.15, -0.1) is 0 Å². The van der Waals surface area contributed by atoms with Crippen LogP contribution in [0.3, 0.4) is 0 Å². The van der Waals surface area contributed by atoms with Gasteiger partial charge in [-0.3, -0.25) is 4.79 Å². The van der Waals surface area contributed by atoms with Crippen LogP contribution < -0.4 is 14.4 Å². The quantitative estimate of drug-likeness (QED) is 0.399. The molecule has 260 valence electrons. The summed E-state index contributed by atoms with van der Waals surface area (Å²) in [5.74, 6) is 0.708. The number of carbonyl (C=O) groups excluding carboxylic acids is 1. The average molecular weight is 699 g/mol. The van der Waals surface area contributed by atoms with Crippen LogP contribution in [0.25, 0.3) is 0 Å². The van der Waals surface area contributed by atoms with E-state index in [1.807, 2.05) is 18.2 Å². The van der Waals surface area contributed by atoms with Crippen LogP contribution in [0.1, 0.15) is 72.9 Å². The van der Waals surface area contributed by atoms with Crippen LogP contribution in [0.2, 0.25) is 5.02 Å². The fourth-order valence-corrected chi connectivity index (χ4v) is 10.6. The third-order valence-electron chi connectivity index (χ3n) is 11.5. The Bertz CT molecular complexity index is 1640. The van der Waals surface area contributed by atoms with Crippen molar-refractivity contribution in [2.24, 2.45) is 11.8 Å². The summed E-state index contributed by atoms with van der Waals surface area (Å²) in [6.45, 7) is 2.60. The molecule has 2 aromatic carbocycles. The standard InChI is InChI=1S/C37H47ClN2O7S/c1-44-32-8-3-9-34(45-2)35(20-28-7-5-17-46-28)48(42,43)39-36(41)25-11-15-33-31(19-25)40(21-26-10-13-29(26)32)22-37(23-47-33)16-4-6-24-18-27(38)12-14-30(24)37/h3,8,11-12,14-15,18-19,26,28-29,32,34-35H,4-7,9-10,13,16-17,20-23H2,1-2H3,(H,39,41)/b8-3-/t26-,28-,29+,32-,34-,35+,37-/m0/s1. The minimum Gasteiger partial charge on any atom is -0.490 e. The van der Waals surface area contributed by atoms with E-state index in [-0.39, 0.29) is 29.6 Å². The number of sulfonamides is 1. The number of rotatable bonds is 4. The van der Waals surface area contributed by atoms with Crippen LogP contribution in [0, 0.1) is 11.8 Å². The maximum absolute atomic E-state index is 14.0. The van der Waals surface area contributed by atoms with Gasteiger partial charge >= 0.3 is 0 Å². The normalized spacial score (nSPS) is 33.8. The second kappa shape index (κ2) is 13.9. The molecule has 2 bridgehead atoms. The monoisotopic (exact) mass is 698 g/mol. The number of amides is 1. The molecule has 1 amide bonds. The van der Waals surface area contributed by atoms with Crippen LogP contribution in [-0.2, 0) is 36.1 Å². The lowest BCUT2D eigenvalue weighted by Gasteiger charge is -2.46. The number of hydrogen-bond acceptors (Lipinski definition) is 8. The SMILES string of the molecule is CO[C@H]1/C=C\C[C@H](OC)[C@@H](C[C@@H]2CCCO2)S(=O)(=O)NC(=O)c2ccc3c(c2)N(C[C@@H]2CC[C@H]21)C[C@@]1(CCCc2cc(Cl)ccc21)CO3. The number of hydrogen-bond donors (Lipinski definition) is 1. The average Bonchev–Trinajstić information content (AvgIpc) is 3.53. The van der Waals surface area contributed by atoms with Crippen LogP contribution >= 0.6 is 11.6 Å². The second-order valence-electron chi connectivity index (χ2n) is 14.3. The van der Waals surface area contributed by atoms with Gasteiger partial charge < -0.3 is 23.8 Å². The highest BCUT2D eigenvalue weighted by molar-refractivity contribution is 7.90. The Morgan fingerprint density at radius 1 is 1.08 bits per heavy atom. The number of benzene rings is 2. The van der Waals surface area contributed by atoms with E-state index in [1.165, 1.54) is 18.2 Å². The van der Waals surface area contributed by atoms with Crippen LogP contribution in [0.4, 0.5) is 5.69 Å². The molecule has 7 rings (SSSR count). The largest absolute Gasteiger partial charge is 0.490 e. The third-order valence-corrected chi connectivity index (χ3v) is 13.5. The zero-order valence-corrected chi connectivity index (χ0v) is 29.4. The Morgan fingerprint density at radius 3 is 2.71 bits per heavy atom. The van der Waals surface area contributed by atoms with Gasteiger partial charge in [0, 0.05) is 49.9 Å². The highest BCUT2D eigenvalue weighted by Crippen LogP contribution is 2.47. The Balaban J connectivity index is 1.28. The summed E-state index contributed by atoms with van der Waals surface area (Å²) >= 11 is 6.44. The first kappa shape index (κ1) is 33.8. The van der Waals surface area contributed by atoms with E-state index in [9.17, 15) is 13.2 Å². The van der Waals surface area contributed by atoms with E-state index in [4.69, 9.17) is 30.5 Å². The maximum atomic E-state index is 14.0. The minimum atomic E-state index is -4.15. The van der Waals surface area contributed by atoms with Gasteiger partial charge in [-0.25, -0.2) is 13.1 Å². The molecule has 0 radical (unpaired) electrons. The van der Waals surface area contributed by atoms with Gasteiger partial charge in [-0.05, 0) is 111 Å². The van der Waals surface area contributed by atoms with Crippen molar-refractivity contribution in [3.8, 4) is 5.75 Å². The summed E-state index contributed by atoms with van der Waals surface area (Å²) in [6, 6.07) is 11.5. The molecule has 9 nitrogen and oxygen atoms in total. The lowest BCUT2D eigenvalue weighted by Crippen LogP contribution is -2.49. The van der Waals surface area contributed by atoms with E-state index in [1.54, 1.807) is 19.2 Å². The Hall–Kier alpha value is -2.63. The van der Waals surface area contributed by atoms with Crippen molar-refractivity contribution in [1.29, 1.82) is 0 Å². The molecule has 2 aromatic rings. The highest BCUT2D eigenvalue weighted by atomic mass is 35.5. The number of carbonyl (C=O) groups is 1. The molecule has 2 aliphatic carbocycles. The molecule has 7 atom stereocenters. The van der Waals surface area contributed by atoms with Crippen LogP contribution in [-0.4, -0.2) is 78.4 Å². The lowest BCUT2D eigenvalue weighted by atomic mass is 9.68. The molecule has 48 heavy (non-hydrogen) atoms. The topological polar surface area (TPSA) is 103 Å². The Labute approximate surface area is 289 Å². The summed E-state index contributed by atoms with van der Waals surface area (Å²) in [5, 5.41) is -0.241. The molecular formula is C37H47ClN2O7S. The zero-order valence-electron chi connectivity index (χ0n) is 27.9. The number of aryl methyl sites for hydroxylation is 1. The van der Waals surface area contributed by atoms with Crippen LogP contribution in [0.15, 0.2) is 48.6 Å². The molecule has 3 aliphatic heterocycles. The number of nitrogens with one attached hydrogen (secondary N) is 1. The number of fused-ring (bicyclic) bond motifs is 4. The third kappa shape index (κ3) is 6.63. The van der Waals surface area contributed by atoms with Crippen LogP contribution in [0.5, 0.6) is 5.75 Å². The highest BCUT2D eigenvalue weighted by Gasteiger charge is 2.45. The smallest absolute Gasteiger partial charge is 0.264 e. The number of halogens is 1. The lowest BCUT2D eigenvalue weighted by molar-refractivity contribution is 0.0128. The molecule has 3 heterocycles. The first-order valence-electron chi connectivity index (χ1n) is 17.4. The Morgan fingerprint density at radius 2 is 1.96 bits per heavy atom. The summed E-state index contributed by atoms with van der Waals surface area (Å²) in [4.78, 5) is 16.2. The molecular weight excluding hydrogens is 652 g/mol. The van der Waals surface area contributed by atoms with E-state index in [0.717, 1.165) is 62.2 Å². The van der Waals surface area contributed by atoms with Gasteiger partial charge in [-0.2, -0.15) is 0 Å². The van der Waals surface area contributed by atoms with Crippen molar-refractivity contribution in [3.05, 3.63) is 70.3 Å². The summed E-state index contributed by atoms with van der Waals surface area (Å²) in [6.07, 6.45) is 10.5. The first-order valence-corrected chi connectivity index (χ1v) is 19.3. The summed E-state index contributed by atoms with van der Waals surface area (Å²) < 4.78 is 54.8. The van der Waals surface area contributed by atoms with Crippen molar-refractivity contribution in [2.45, 2.75) is 86.8 Å². The van der Waals surface area contributed by atoms with Crippen molar-refractivity contribution in [2.75, 3.05) is 45.4 Å². The Kier molecular flexibility index (Phi) is 9.83. The number of nitrogens with zero attached hydrogens (tertiary/aromatic N) is 1. The molecule has 1 N–H and O–H groups in total. The molecule has 1 saturated carbocycles. The fraction of sp³-hybridized carbons (Fsp3) is 0.595. The number of anilines is 1. The van der Waals surface area contributed by atoms with E-state index < -0.39 is 27.3 Å². The summed E-state index contributed by atoms with van der Waals surface area (Å²) in [7, 11) is -0.877.